The summed E-state index contributed by atoms with van der Waals surface area (Å²) in [5.74, 6) is -2.98. The van der Waals surface area contributed by atoms with Crippen molar-refractivity contribution in [2.24, 2.45) is 0 Å². The van der Waals surface area contributed by atoms with E-state index in [1.807, 2.05) is 0 Å². The second kappa shape index (κ2) is 6.04. The number of nitrogens with zero attached hydrogens (tertiary/aromatic N) is 4. The summed E-state index contributed by atoms with van der Waals surface area (Å²) >= 11 is 0. The Hall–Kier alpha value is -3.43. The number of imidazole rings is 1. The van der Waals surface area contributed by atoms with Crippen LogP contribution in [-0.2, 0) is 11.0 Å². The molecule has 4 rings (SSSR count). The Morgan fingerprint density at radius 3 is 2.43 bits per heavy atom. The van der Waals surface area contributed by atoms with Crippen LogP contribution in [-0.4, -0.2) is 37.8 Å². The van der Waals surface area contributed by atoms with E-state index in [1.165, 1.54) is 6.07 Å². The van der Waals surface area contributed by atoms with Crippen LogP contribution in [0, 0.1) is 11.3 Å². The maximum atomic E-state index is 13.2. The number of aromatic nitrogens is 2. The Morgan fingerprint density at radius 1 is 1.20 bits per heavy atom. The zero-order valence-electron chi connectivity index (χ0n) is 14.6. The van der Waals surface area contributed by atoms with E-state index < -0.39 is 65.3 Å². The SMILES string of the molecule is N#Cc1ccc(-n2c(O)c3n(c2=O)C2CC3N(C(=O)C(F)(F)F)C2)cc1C(F)(F)F. The molecule has 1 aromatic heterocycles. The molecule has 0 radical (unpaired) electrons. The molecule has 158 valence electrons. The molecule has 2 aromatic rings. The molecule has 0 aliphatic carbocycles. The van der Waals surface area contributed by atoms with Crippen molar-refractivity contribution in [3.63, 3.8) is 0 Å². The van der Waals surface area contributed by atoms with E-state index in [0.29, 0.717) is 15.5 Å². The maximum Gasteiger partial charge on any atom is 0.471 e. The van der Waals surface area contributed by atoms with Crippen molar-refractivity contribution in [2.75, 3.05) is 6.54 Å². The van der Waals surface area contributed by atoms with Crippen molar-refractivity contribution in [3.8, 4) is 17.6 Å². The van der Waals surface area contributed by atoms with Gasteiger partial charge in [0.15, 0.2) is 0 Å². The largest absolute Gasteiger partial charge is 0.493 e. The lowest BCUT2D eigenvalue weighted by molar-refractivity contribution is -0.187. The Morgan fingerprint density at radius 2 is 1.87 bits per heavy atom. The molecule has 2 aliphatic rings. The third-order valence-corrected chi connectivity index (χ3v) is 5.25. The lowest BCUT2D eigenvalue weighted by Gasteiger charge is -2.28. The molecule has 7 nitrogen and oxygen atoms in total. The molecule has 0 spiro atoms. The summed E-state index contributed by atoms with van der Waals surface area (Å²) in [6.45, 7) is -0.416. The quantitative estimate of drug-likeness (QED) is 0.702. The van der Waals surface area contributed by atoms with Gasteiger partial charge in [0, 0.05) is 6.54 Å². The van der Waals surface area contributed by atoms with Crippen LogP contribution in [0.4, 0.5) is 26.3 Å². The number of rotatable bonds is 1. The fraction of sp³-hybridized carbons (Fsp3) is 0.353. The predicted molar refractivity (Wildman–Crippen MR) is 85.6 cm³/mol. The number of nitriles is 1. The molecule has 0 saturated carbocycles. The summed E-state index contributed by atoms with van der Waals surface area (Å²) < 4.78 is 79.6. The summed E-state index contributed by atoms with van der Waals surface area (Å²) in [6, 6.07) is 1.61. The lowest BCUT2D eigenvalue weighted by atomic mass is 10.1. The van der Waals surface area contributed by atoms with Gasteiger partial charge in [0.25, 0.3) is 0 Å². The van der Waals surface area contributed by atoms with Gasteiger partial charge in [0.1, 0.15) is 5.69 Å². The molecule has 2 aliphatic heterocycles. The van der Waals surface area contributed by atoms with Gasteiger partial charge in [-0.15, -0.1) is 0 Å². The number of amides is 1. The van der Waals surface area contributed by atoms with Gasteiger partial charge in [-0.1, -0.05) is 0 Å². The van der Waals surface area contributed by atoms with Crippen LogP contribution in [0.5, 0.6) is 5.88 Å². The highest BCUT2D eigenvalue weighted by Crippen LogP contribution is 2.49. The number of alkyl halides is 6. The number of hydrogen-bond acceptors (Lipinski definition) is 4. The van der Waals surface area contributed by atoms with Gasteiger partial charge in [-0.05, 0) is 24.6 Å². The van der Waals surface area contributed by atoms with Crippen molar-refractivity contribution in [1.29, 1.82) is 5.26 Å². The number of likely N-dealkylation sites (tertiary alicyclic amines) is 1. The first kappa shape index (κ1) is 19.9. The molecule has 3 heterocycles. The summed E-state index contributed by atoms with van der Waals surface area (Å²) in [5, 5.41) is 19.4. The number of carbonyl (C=O) groups is 1. The highest BCUT2D eigenvalue weighted by atomic mass is 19.4. The topological polar surface area (TPSA) is 91.3 Å². The standard InChI is InChI=1S/C17H10F6N4O3/c18-16(19,20)10-3-8(2-1-7(10)5-24)27-13(28)12-11-4-9(26(12)15(27)30)6-25(11)14(29)17(21,22)23/h1-3,9,11,28H,4,6H2. The minimum atomic E-state index is -5.15. The van der Waals surface area contributed by atoms with E-state index in [4.69, 9.17) is 5.26 Å². The number of fused-ring (bicyclic) bond motifs is 5. The third-order valence-electron chi connectivity index (χ3n) is 5.25. The summed E-state index contributed by atoms with van der Waals surface area (Å²) in [6.07, 6.45) is -10.1. The summed E-state index contributed by atoms with van der Waals surface area (Å²) in [5.41, 5.74) is -3.68. The van der Waals surface area contributed by atoms with Crippen LogP contribution in [0.25, 0.3) is 5.69 Å². The van der Waals surface area contributed by atoms with Gasteiger partial charge < -0.3 is 10.0 Å². The second-order valence-corrected chi connectivity index (χ2v) is 6.90. The molecular formula is C17H10F6N4O3. The number of carbonyl (C=O) groups excluding carboxylic acids is 1. The highest BCUT2D eigenvalue weighted by Gasteiger charge is 2.54. The fourth-order valence-corrected chi connectivity index (χ4v) is 4.07. The Labute approximate surface area is 163 Å². The van der Waals surface area contributed by atoms with Gasteiger partial charge in [0.2, 0.25) is 5.88 Å². The molecule has 2 unspecified atom stereocenters. The van der Waals surface area contributed by atoms with Gasteiger partial charge in [-0.3, -0.25) is 9.36 Å². The van der Waals surface area contributed by atoms with Crippen molar-refractivity contribution < 1.29 is 36.2 Å². The first-order valence-corrected chi connectivity index (χ1v) is 8.42. The van der Waals surface area contributed by atoms with Crippen LogP contribution in [0.3, 0.4) is 0 Å². The number of benzene rings is 1. The normalized spacial score (nSPS) is 20.4. The predicted octanol–water partition coefficient (Wildman–Crippen LogP) is 2.63. The zero-order chi connectivity index (χ0) is 22.2. The van der Waals surface area contributed by atoms with Gasteiger partial charge in [0.05, 0.1) is 35.0 Å². The first-order valence-electron chi connectivity index (χ1n) is 8.42. The lowest BCUT2D eigenvalue weighted by Crippen LogP contribution is -2.44. The Kier molecular flexibility index (Phi) is 4.00. The van der Waals surface area contributed by atoms with E-state index in [9.17, 15) is 41.0 Å². The molecule has 1 aromatic carbocycles. The smallest absolute Gasteiger partial charge is 0.471 e. The molecule has 2 bridgehead atoms. The molecule has 2 atom stereocenters. The molecule has 30 heavy (non-hydrogen) atoms. The third kappa shape index (κ3) is 2.66. The van der Waals surface area contributed by atoms with Crippen LogP contribution >= 0.6 is 0 Å². The molecule has 13 heteroatoms. The Balaban J connectivity index is 1.84. The van der Waals surface area contributed by atoms with Crippen LogP contribution in [0.2, 0.25) is 0 Å². The molecule has 1 saturated heterocycles. The molecular weight excluding hydrogens is 422 g/mol. The fourth-order valence-electron chi connectivity index (χ4n) is 4.07. The van der Waals surface area contributed by atoms with Crippen molar-refractivity contribution in [2.45, 2.75) is 30.9 Å². The van der Waals surface area contributed by atoms with Crippen LogP contribution in [0.1, 0.15) is 35.3 Å². The van der Waals surface area contributed by atoms with Gasteiger partial charge in [-0.2, -0.15) is 31.6 Å². The number of hydrogen-bond donors (Lipinski definition) is 1. The average Bonchev–Trinajstić information content (AvgIpc) is 3.30. The van der Waals surface area contributed by atoms with Gasteiger partial charge in [-0.25, -0.2) is 9.36 Å². The molecule has 1 N–H and O–H groups in total. The average molecular weight is 432 g/mol. The second-order valence-electron chi connectivity index (χ2n) is 6.90. The molecule has 1 amide bonds. The van der Waals surface area contributed by atoms with Crippen molar-refractivity contribution in [1.82, 2.24) is 14.0 Å². The monoisotopic (exact) mass is 432 g/mol. The van der Waals surface area contributed by atoms with Crippen molar-refractivity contribution >= 4 is 5.91 Å². The first-order chi connectivity index (χ1) is 13.9. The van der Waals surface area contributed by atoms with E-state index in [-0.39, 0.29) is 12.1 Å². The minimum absolute atomic E-state index is 0.0258. The van der Waals surface area contributed by atoms with Crippen LogP contribution < -0.4 is 5.69 Å². The van der Waals surface area contributed by atoms with Crippen LogP contribution in [0.15, 0.2) is 23.0 Å². The maximum absolute atomic E-state index is 13.2. The zero-order valence-corrected chi connectivity index (χ0v) is 14.6. The van der Waals surface area contributed by atoms with E-state index in [1.54, 1.807) is 0 Å². The number of aromatic hydroxyl groups is 1. The summed E-state index contributed by atoms with van der Waals surface area (Å²) in [4.78, 5) is 24.9. The Bertz CT molecular complexity index is 1170. The van der Waals surface area contributed by atoms with E-state index in [2.05, 4.69) is 0 Å². The molecule has 1 fully saturated rings. The van der Waals surface area contributed by atoms with Crippen molar-refractivity contribution in [3.05, 3.63) is 45.5 Å². The minimum Gasteiger partial charge on any atom is -0.493 e. The summed E-state index contributed by atoms with van der Waals surface area (Å²) in [7, 11) is 0. The van der Waals surface area contributed by atoms with E-state index >= 15 is 0 Å². The van der Waals surface area contributed by atoms with E-state index in [0.717, 1.165) is 16.7 Å². The van der Waals surface area contributed by atoms with Gasteiger partial charge >= 0.3 is 23.9 Å². The number of halogens is 6. The highest BCUT2D eigenvalue weighted by molar-refractivity contribution is 5.83.